The molecule has 0 atom stereocenters. The lowest BCUT2D eigenvalue weighted by Crippen LogP contribution is -2.02. The van der Waals surface area contributed by atoms with Gasteiger partial charge in [-0.05, 0) is 6.07 Å². The standard InChI is InChI=1S/C9H10O6S/c1-14-8-4-7(16(11,12)13)3-6(5-10)9(8)15-2/h3-5H,1-2H3,(H,11,12,13). The Morgan fingerprint density at radius 3 is 2.25 bits per heavy atom. The van der Waals surface area contributed by atoms with Gasteiger partial charge >= 0.3 is 0 Å². The summed E-state index contributed by atoms with van der Waals surface area (Å²) >= 11 is 0. The molecule has 0 saturated carbocycles. The number of rotatable bonds is 4. The first-order valence-corrected chi connectivity index (χ1v) is 5.56. The zero-order valence-corrected chi connectivity index (χ0v) is 9.45. The maximum atomic E-state index is 10.9. The summed E-state index contributed by atoms with van der Waals surface area (Å²) < 4.78 is 40.4. The summed E-state index contributed by atoms with van der Waals surface area (Å²) in [6, 6.07) is 2.07. The van der Waals surface area contributed by atoms with Gasteiger partial charge in [0.1, 0.15) is 0 Å². The van der Waals surface area contributed by atoms with Crippen LogP contribution in [0.25, 0.3) is 0 Å². The molecule has 6 nitrogen and oxygen atoms in total. The predicted octanol–water partition coefficient (Wildman–Crippen LogP) is 0.763. The molecule has 0 amide bonds. The summed E-state index contributed by atoms with van der Waals surface area (Å²) in [5, 5.41) is 0. The van der Waals surface area contributed by atoms with E-state index in [1.54, 1.807) is 0 Å². The lowest BCUT2D eigenvalue weighted by molar-refractivity contribution is 0.111. The Balaban J connectivity index is 3.56. The van der Waals surface area contributed by atoms with Gasteiger partial charge in [-0.1, -0.05) is 0 Å². The van der Waals surface area contributed by atoms with Crippen molar-refractivity contribution in [3.05, 3.63) is 17.7 Å². The first kappa shape index (κ1) is 12.5. The topological polar surface area (TPSA) is 89.9 Å². The highest BCUT2D eigenvalue weighted by molar-refractivity contribution is 7.85. The van der Waals surface area contributed by atoms with Gasteiger partial charge in [-0.2, -0.15) is 8.42 Å². The lowest BCUT2D eigenvalue weighted by atomic mass is 10.2. The van der Waals surface area contributed by atoms with Crippen molar-refractivity contribution in [2.24, 2.45) is 0 Å². The molecule has 0 aliphatic heterocycles. The fourth-order valence-corrected chi connectivity index (χ4v) is 1.74. The first-order chi connectivity index (χ1) is 7.43. The number of benzene rings is 1. The van der Waals surface area contributed by atoms with Gasteiger partial charge in [-0.15, -0.1) is 0 Å². The molecular formula is C9H10O6S. The largest absolute Gasteiger partial charge is 0.493 e. The van der Waals surface area contributed by atoms with Crippen LogP contribution in [0, 0.1) is 0 Å². The fraction of sp³-hybridized carbons (Fsp3) is 0.222. The second-order valence-corrected chi connectivity index (χ2v) is 4.26. The number of carbonyl (C=O) groups is 1. The van der Waals surface area contributed by atoms with Crippen LogP contribution in [0.3, 0.4) is 0 Å². The minimum atomic E-state index is -4.39. The summed E-state index contributed by atoms with van der Waals surface area (Å²) in [6.45, 7) is 0. The summed E-state index contributed by atoms with van der Waals surface area (Å²) in [7, 11) is -1.78. The molecule has 0 aromatic heterocycles. The molecule has 1 aromatic carbocycles. The van der Waals surface area contributed by atoms with Crippen LogP contribution in [0.1, 0.15) is 10.4 Å². The van der Waals surface area contributed by atoms with E-state index in [0.717, 1.165) is 12.1 Å². The van der Waals surface area contributed by atoms with E-state index >= 15 is 0 Å². The predicted molar refractivity (Wildman–Crippen MR) is 54.7 cm³/mol. The van der Waals surface area contributed by atoms with Gasteiger partial charge in [0.05, 0.1) is 24.7 Å². The van der Waals surface area contributed by atoms with Crippen molar-refractivity contribution in [1.29, 1.82) is 0 Å². The quantitative estimate of drug-likeness (QED) is 0.623. The van der Waals surface area contributed by atoms with Crippen LogP contribution in [0.2, 0.25) is 0 Å². The number of aldehydes is 1. The van der Waals surface area contributed by atoms with E-state index in [0.29, 0.717) is 6.29 Å². The molecule has 0 radical (unpaired) electrons. The summed E-state index contributed by atoms with van der Waals surface area (Å²) in [5.41, 5.74) is -0.0190. The Labute approximate surface area is 92.5 Å². The highest BCUT2D eigenvalue weighted by Gasteiger charge is 2.18. The molecule has 0 aliphatic rings. The van der Waals surface area contributed by atoms with Crippen LogP contribution in [0.15, 0.2) is 17.0 Å². The van der Waals surface area contributed by atoms with Crippen molar-refractivity contribution in [3.63, 3.8) is 0 Å². The molecular weight excluding hydrogens is 236 g/mol. The number of carbonyl (C=O) groups excluding carboxylic acids is 1. The van der Waals surface area contributed by atoms with Crippen molar-refractivity contribution in [2.75, 3.05) is 14.2 Å². The fourth-order valence-electron chi connectivity index (χ4n) is 1.20. The molecule has 88 valence electrons. The number of hydrogen-bond donors (Lipinski definition) is 1. The Hall–Kier alpha value is -1.60. The third-order valence-electron chi connectivity index (χ3n) is 1.91. The number of ether oxygens (including phenoxy) is 2. The third-order valence-corrected chi connectivity index (χ3v) is 2.74. The Kier molecular flexibility index (Phi) is 3.51. The summed E-state index contributed by atoms with van der Waals surface area (Å²) in [4.78, 5) is 10.3. The van der Waals surface area contributed by atoms with Crippen LogP contribution >= 0.6 is 0 Å². The van der Waals surface area contributed by atoms with Gasteiger partial charge in [-0.3, -0.25) is 9.35 Å². The number of methoxy groups -OCH3 is 2. The van der Waals surface area contributed by atoms with Gasteiger partial charge in [0.2, 0.25) is 0 Å². The van der Waals surface area contributed by atoms with E-state index in [4.69, 9.17) is 14.0 Å². The molecule has 1 rings (SSSR count). The van der Waals surface area contributed by atoms with Crippen LogP contribution in [-0.4, -0.2) is 33.5 Å². The second kappa shape index (κ2) is 4.50. The smallest absolute Gasteiger partial charge is 0.294 e. The first-order valence-electron chi connectivity index (χ1n) is 4.12. The van der Waals surface area contributed by atoms with Gasteiger partial charge in [0, 0.05) is 6.07 Å². The van der Waals surface area contributed by atoms with E-state index < -0.39 is 15.0 Å². The Morgan fingerprint density at radius 1 is 1.25 bits per heavy atom. The SMILES string of the molecule is COc1cc(S(=O)(=O)O)cc(C=O)c1OC. The normalized spacial score (nSPS) is 10.9. The molecule has 16 heavy (non-hydrogen) atoms. The zero-order chi connectivity index (χ0) is 12.3. The average molecular weight is 246 g/mol. The molecule has 7 heteroatoms. The number of hydrogen-bond acceptors (Lipinski definition) is 5. The molecule has 0 saturated heterocycles. The minimum Gasteiger partial charge on any atom is -0.493 e. The molecule has 1 N–H and O–H groups in total. The van der Waals surface area contributed by atoms with E-state index in [1.807, 2.05) is 0 Å². The molecule has 0 fully saturated rings. The van der Waals surface area contributed by atoms with Crippen LogP contribution < -0.4 is 9.47 Å². The van der Waals surface area contributed by atoms with Gasteiger partial charge < -0.3 is 9.47 Å². The molecule has 0 unspecified atom stereocenters. The van der Waals surface area contributed by atoms with E-state index in [-0.39, 0.29) is 17.1 Å². The zero-order valence-electron chi connectivity index (χ0n) is 8.63. The van der Waals surface area contributed by atoms with Crippen LogP contribution in [0.4, 0.5) is 0 Å². The minimum absolute atomic E-state index is 0.0190. The van der Waals surface area contributed by atoms with E-state index in [2.05, 4.69) is 0 Å². The summed E-state index contributed by atoms with van der Waals surface area (Å²) in [6.07, 6.45) is 0.413. The third kappa shape index (κ3) is 2.31. The monoisotopic (exact) mass is 246 g/mol. The lowest BCUT2D eigenvalue weighted by Gasteiger charge is -2.10. The average Bonchev–Trinajstić information content (AvgIpc) is 2.25. The van der Waals surface area contributed by atoms with Crippen molar-refractivity contribution in [3.8, 4) is 11.5 Å². The Bertz CT molecular complexity index is 505. The highest BCUT2D eigenvalue weighted by Crippen LogP contribution is 2.32. The van der Waals surface area contributed by atoms with Gasteiger partial charge in [-0.25, -0.2) is 0 Å². The van der Waals surface area contributed by atoms with Gasteiger partial charge in [0.25, 0.3) is 10.1 Å². The van der Waals surface area contributed by atoms with Crippen molar-refractivity contribution < 1.29 is 27.2 Å². The van der Waals surface area contributed by atoms with E-state index in [1.165, 1.54) is 14.2 Å². The van der Waals surface area contributed by atoms with Crippen molar-refractivity contribution >= 4 is 16.4 Å². The van der Waals surface area contributed by atoms with Crippen LogP contribution in [-0.2, 0) is 10.1 Å². The Morgan fingerprint density at radius 2 is 1.88 bits per heavy atom. The maximum Gasteiger partial charge on any atom is 0.294 e. The molecule has 0 aliphatic carbocycles. The maximum absolute atomic E-state index is 10.9. The molecule has 0 spiro atoms. The van der Waals surface area contributed by atoms with Crippen LogP contribution in [0.5, 0.6) is 11.5 Å². The molecule has 0 bridgehead atoms. The summed E-state index contributed by atoms with van der Waals surface area (Å²) in [5.74, 6) is 0.171. The molecule has 0 heterocycles. The van der Waals surface area contributed by atoms with E-state index in [9.17, 15) is 13.2 Å². The second-order valence-electron chi connectivity index (χ2n) is 2.84. The molecule has 1 aromatic rings. The van der Waals surface area contributed by atoms with Crippen molar-refractivity contribution in [2.45, 2.75) is 4.90 Å². The van der Waals surface area contributed by atoms with Crippen molar-refractivity contribution in [1.82, 2.24) is 0 Å². The van der Waals surface area contributed by atoms with Gasteiger partial charge in [0.15, 0.2) is 17.8 Å². The highest BCUT2D eigenvalue weighted by atomic mass is 32.2.